The van der Waals surface area contributed by atoms with Crippen LogP contribution >= 0.6 is 0 Å². The van der Waals surface area contributed by atoms with Gasteiger partial charge in [-0.05, 0) is 42.6 Å². The quantitative estimate of drug-likeness (QED) is 0.900. The Hall–Kier alpha value is -0.870. The van der Waals surface area contributed by atoms with Crippen LogP contribution in [0, 0.1) is 17.8 Å². The van der Waals surface area contributed by atoms with E-state index in [0.717, 1.165) is 17.4 Å². The molecule has 1 N–H and O–H groups in total. The Morgan fingerprint density at radius 2 is 1.89 bits per heavy atom. The Morgan fingerprint density at radius 1 is 1.11 bits per heavy atom. The van der Waals surface area contributed by atoms with Gasteiger partial charge < -0.3 is 0 Å². The molecule has 3 atom stereocenters. The fraction of sp³-hybridized carbons (Fsp3) is 0.600. The molecule has 19 heavy (non-hydrogen) atoms. The molecule has 0 radical (unpaired) electrons. The third kappa shape index (κ3) is 3.18. The summed E-state index contributed by atoms with van der Waals surface area (Å²) in [5.41, 5.74) is 0.850. The van der Waals surface area contributed by atoms with Gasteiger partial charge in [-0.1, -0.05) is 36.8 Å². The summed E-state index contributed by atoms with van der Waals surface area (Å²) in [6.45, 7) is 0.635. The van der Waals surface area contributed by atoms with Crippen molar-refractivity contribution in [3.63, 3.8) is 0 Å². The molecule has 1 aromatic rings. The lowest BCUT2D eigenvalue weighted by Crippen LogP contribution is -2.32. The van der Waals surface area contributed by atoms with Crippen LogP contribution in [0.4, 0.5) is 0 Å². The average Bonchev–Trinajstić information content (AvgIpc) is 2.99. The molecular weight excluding hydrogens is 258 g/mol. The molecule has 0 aromatic heterocycles. The van der Waals surface area contributed by atoms with Crippen molar-refractivity contribution in [1.82, 2.24) is 4.72 Å². The number of benzene rings is 1. The van der Waals surface area contributed by atoms with Gasteiger partial charge >= 0.3 is 0 Å². The lowest BCUT2D eigenvalue weighted by molar-refractivity contribution is 0.332. The van der Waals surface area contributed by atoms with Crippen molar-refractivity contribution in [2.75, 3.05) is 6.54 Å². The van der Waals surface area contributed by atoms with E-state index in [4.69, 9.17) is 0 Å². The summed E-state index contributed by atoms with van der Waals surface area (Å²) in [6.07, 6.45) is 5.21. The van der Waals surface area contributed by atoms with Gasteiger partial charge in [0.2, 0.25) is 10.0 Å². The Morgan fingerprint density at radius 3 is 2.53 bits per heavy atom. The van der Waals surface area contributed by atoms with Crippen molar-refractivity contribution in [3.8, 4) is 0 Å². The third-order valence-electron chi connectivity index (χ3n) is 4.65. The zero-order chi connectivity index (χ0) is 13.3. The summed E-state index contributed by atoms with van der Waals surface area (Å²) < 4.78 is 26.9. The lowest BCUT2D eigenvalue weighted by Gasteiger charge is -2.21. The van der Waals surface area contributed by atoms with Crippen LogP contribution in [-0.2, 0) is 15.8 Å². The molecule has 4 heteroatoms. The molecule has 0 unspecified atom stereocenters. The summed E-state index contributed by atoms with van der Waals surface area (Å²) in [6, 6.07) is 9.37. The second-order valence-corrected chi connectivity index (χ2v) is 7.83. The topological polar surface area (TPSA) is 46.2 Å². The van der Waals surface area contributed by atoms with Crippen LogP contribution in [0.3, 0.4) is 0 Å². The third-order valence-corrected chi connectivity index (χ3v) is 5.97. The van der Waals surface area contributed by atoms with E-state index in [-0.39, 0.29) is 5.75 Å². The highest BCUT2D eigenvalue weighted by atomic mass is 32.2. The van der Waals surface area contributed by atoms with Gasteiger partial charge in [0.05, 0.1) is 5.75 Å². The maximum Gasteiger partial charge on any atom is 0.215 e. The second kappa shape index (κ2) is 5.25. The normalized spacial score (nSPS) is 29.8. The van der Waals surface area contributed by atoms with Crippen molar-refractivity contribution < 1.29 is 8.42 Å². The number of nitrogens with one attached hydrogen (secondary N) is 1. The Balaban J connectivity index is 1.54. The molecule has 3 rings (SSSR count). The molecule has 2 saturated carbocycles. The monoisotopic (exact) mass is 279 g/mol. The first kappa shape index (κ1) is 13.1. The molecule has 0 amide bonds. The first-order valence-electron chi connectivity index (χ1n) is 7.13. The molecule has 0 aliphatic heterocycles. The molecule has 3 nitrogen and oxygen atoms in total. The van der Waals surface area contributed by atoms with Gasteiger partial charge in [0.15, 0.2) is 0 Å². The van der Waals surface area contributed by atoms with Crippen LogP contribution in [0.2, 0.25) is 0 Å². The summed E-state index contributed by atoms with van der Waals surface area (Å²) in [4.78, 5) is 0. The molecule has 104 valence electrons. The minimum Gasteiger partial charge on any atom is -0.215 e. The maximum atomic E-state index is 12.1. The molecule has 0 heterocycles. The Labute approximate surface area is 115 Å². The standard InChI is InChI=1S/C15H21NO2S/c17-19(18,11-12-4-2-1-3-5-12)16-10-15-9-13-6-7-14(15)8-13/h1-5,13-16H,6-11H2/t13-,14+,15-/m1/s1. The number of fused-ring (bicyclic) bond motifs is 2. The molecule has 1 aromatic carbocycles. The lowest BCUT2D eigenvalue weighted by atomic mass is 9.89. The summed E-state index contributed by atoms with van der Waals surface area (Å²) in [7, 11) is -3.19. The van der Waals surface area contributed by atoms with Crippen LogP contribution in [0.25, 0.3) is 0 Å². The maximum absolute atomic E-state index is 12.1. The van der Waals surface area contributed by atoms with Crippen LogP contribution in [0.5, 0.6) is 0 Å². The summed E-state index contributed by atoms with van der Waals surface area (Å²) in [5.74, 6) is 2.30. The van der Waals surface area contributed by atoms with E-state index in [1.807, 2.05) is 30.3 Å². The number of hydrogen-bond donors (Lipinski definition) is 1. The van der Waals surface area contributed by atoms with E-state index in [1.165, 1.54) is 25.7 Å². The fourth-order valence-electron chi connectivity index (χ4n) is 3.71. The van der Waals surface area contributed by atoms with Gasteiger partial charge in [-0.2, -0.15) is 0 Å². The van der Waals surface area contributed by atoms with Gasteiger partial charge in [-0.15, -0.1) is 0 Å². The van der Waals surface area contributed by atoms with E-state index in [0.29, 0.717) is 12.5 Å². The van der Waals surface area contributed by atoms with Crippen LogP contribution in [0.1, 0.15) is 31.2 Å². The highest BCUT2D eigenvalue weighted by Gasteiger charge is 2.39. The van der Waals surface area contributed by atoms with E-state index < -0.39 is 10.0 Å². The molecule has 2 bridgehead atoms. The molecule has 0 spiro atoms. The SMILES string of the molecule is O=S(=O)(Cc1ccccc1)NC[C@H]1C[C@@H]2CC[C@H]1C2. The fourth-order valence-corrected chi connectivity index (χ4v) is 4.91. The number of sulfonamides is 1. The minimum absolute atomic E-state index is 0.0919. The highest BCUT2D eigenvalue weighted by Crippen LogP contribution is 2.47. The molecule has 2 aliphatic rings. The van der Waals surface area contributed by atoms with Crippen molar-refractivity contribution in [3.05, 3.63) is 35.9 Å². The van der Waals surface area contributed by atoms with Gasteiger partial charge in [0, 0.05) is 6.54 Å². The van der Waals surface area contributed by atoms with Crippen LogP contribution in [-0.4, -0.2) is 15.0 Å². The largest absolute Gasteiger partial charge is 0.215 e. The highest BCUT2D eigenvalue weighted by molar-refractivity contribution is 7.88. The molecule has 2 fully saturated rings. The zero-order valence-corrected chi connectivity index (χ0v) is 11.9. The van der Waals surface area contributed by atoms with Crippen molar-refractivity contribution >= 4 is 10.0 Å². The smallest absolute Gasteiger partial charge is 0.215 e. The molecular formula is C15H21NO2S. The molecule has 2 aliphatic carbocycles. The van der Waals surface area contributed by atoms with Gasteiger partial charge in [0.1, 0.15) is 0 Å². The van der Waals surface area contributed by atoms with Crippen molar-refractivity contribution in [1.29, 1.82) is 0 Å². The van der Waals surface area contributed by atoms with Crippen molar-refractivity contribution in [2.45, 2.75) is 31.4 Å². The number of rotatable bonds is 5. The number of hydrogen-bond acceptors (Lipinski definition) is 2. The summed E-state index contributed by atoms with van der Waals surface area (Å²) in [5, 5.41) is 0. The Kier molecular flexibility index (Phi) is 3.63. The van der Waals surface area contributed by atoms with Crippen LogP contribution < -0.4 is 4.72 Å². The second-order valence-electron chi connectivity index (χ2n) is 6.03. The van der Waals surface area contributed by atoms with E-state index in [1.54, 1.807) is 0 Å². The van der Waals surface area contributed by atoms with E-state index in [2.05, 4.69) is 4.72 Å². The van der Waals surface area contributed by atoms with E-state index in [9.17, 15) is 8.42 Å². The minimum atomic E-state index is -3.19. The zero-order valence-electron chi connectivity index (χ0n) is 11.1. The molecule has 0 saturated heterocycles. The predicted octanol–water partition coefficient (Wildman–Crippen LogP) is 2.54. The first-order chi connectivity index (χ1) is 9.12. The van der Waals surface area contributed by atoms with Crippen LogP contribution in [0.15, 0.2) is 30.3 Å². The van der Waals surface area contributed by atoms with E-state index >= 15 is 0 Å². The average molecular weight is 279 g/mol. The first-order valence-corrected chi connectivity index (χ1v) is 8.79. The van der Waals surface area contributed by atoms with Gasteiger partial charge in [-0.25, -0.2) is 13.1 Å². The Bertz CT molecular complexity index is 526. The predicted molar refractivity (Wildman–Crippen MR) is 76.0 cm³/mol. The van der Waals surface area contributed by atoms with Gasteiger partial charge in [-0.3, -0.25) is 0 Å². The summed E-state index contributed by atoms with van der Waals surface area (Å²) >= 11 is 0. The van der Waals surface area contributed by atoms with Crippen molar-refractivity contribution in [2.24, 2.45) is 17.8 Å². The van der Waals surface area contributed by atoms with Gasteiger partial charge in [0.25, 0.3) is 0 Å².